The van der Waals surface area contributed by atoms with Crippen LogP contribution in [0.3, 0.4) is 0 Å². The number of nitrogens with zero attached hydrogens (tertiary/aromatic N) is 8. The molecule has 1 aliphatic heterocycles. The Bertz CT molecular complexity index is 702. The number of rotatable bonds is 7. The molecule has 1 aliphatic rings. The normalized spacial score (nSPS) is 15.8. The minimum atomic E-state index is 0.219. The molecule has 0 N–H and O–H groups in total. The van der Waals surface area contributed by atoms with Crippen LogP contribution >= 0.6 is 0 Å². The fraction of sp³-hybridized carbons (Fsp3) is 0.706. The molecule has 3 heterocycles. The standard InChI is InChI=1S/C17H28N8O/c1-4-22(3)11-16(26)23-8-6-14(7-9-23)17-21-20-15(25(17)5-2)10-24-13-18-12-19-24/h12-14H,4-11H2,1-3H3. The Kier molecular flexibility index (Phi) is 5.97. The lowest BCUT2D eigenvalue weighted by atomic mass is 9.95. The second-order valence-corrected chi connectivity index (χ2v) is 6.80. The van der Waals surface area contributed by atoms with Crippen molar-refractivity contribution >= 4 is 5.91 Å². The first-order chi connectivity index (χ1) is 12.6. The van der Waals surface area contributed by atoms with E-state index in [1.807, 2.05) is 16.8 Å². The molecule has 0 radical (unpaired) electrons. The van der Waals surface area contributed by atoms with Crippen molar-refractivity contribution in [3.05, 3.63) is 24.3 Å². The van der Waals surface area contributed by atoms with Gasteiger partial charge >= 0.3 is 0 Å². The van der Waals surface area contributed by atoms with E-state index in [9.17, 15) is 4.79 Å². The van der Waals surface area contributed by atoms with E-state index < -0.39 is 0 Å². The van der Waals surface area contributed by atoms with Gasteiger partial charge in [0.2, 0.25) is 5.91 Å². The predicted octanol–water partition coefficient (Wildman–Crippen LogP) is 0.596. The molecular weight excluding hydrogens is 332 g/mol. The summed E-state index contributed by atoms with van der Waals surface area (Å²) < 4.78 is 3.93. The van der Waals surface area contributed by atoms with Gasteiger partial charge in [-0.1, -0.05) is 6.92 Å². The van der Waals surface area contributed by atoms with E-state index in [0.717, 1.165) is 50.7 Å². The molecule has 0 aromatic carbocycles. The largest absolute Gasteiger partial charge is 0.342 e. The summed E-state index contributed by atoms with van der Waals surface area (Å²) in [6.45, 7) is 8.52. The molecule has 26 heavy (non-hydrogen) atoms. The molecule has 0 spiro atoms. The zero-order valence-electron chi connectivity index (χ0n) is 15.9. The van der Waals surface area contributed by atoms with E-state index in [0.29, 0.717) is 19.0 Å². The highest BCUT2D eigenvalue weighted by molar-refractivity contribution is 5.78. The first-order valence-corrected chi connectivity index (χ1v) is 9.33. The van der Waals surface area contributed by atoms with Gasteiger partial charge in [-0.15, -0.1) is 10.2 Å². The lowest BCUT2D eigenvalue weighted by molar-refractivity contribution is -0.133. The Morgan fingerprint density at radius 1 is 1.27 bits per heavy atom. The van der Waals surface area contributed by atoms with Crippen LogP contribution in [-0.2, 0) is 17.9 Å². The molecule has 0 unspecified atom stereocenters. The maximum atomic E-state index is 12.4. The van der Waals surface area contributed by atoms with Crippen molar-refractivity contribution in [2.45, 2.75) is 45.7 Å². The van der Waals surface area contributed by atoms with Crippen molar-refractivity contribution in [3.8, 4) is 0 Å². The van der Waals surface area contributed by atoms with E-state index in [1.165, 1.54) is 6.33 Å². The van der Waals surface area contributed by atoms with Gasteiger partial charge in [-0.2, -0.15) is 5.10 Å². The molecule has 2 aromatic rings. The van der Waals surface area contributed by atoms with E-state index in [4.69, 9.17) is 0 Å². The number of carbonyl (C=O) groups excluding carboxylic acids is 1. The zero-order valence-corrected chi connectivity index (χ0v) is 15.9. The van der Waals surface area contributed by atoms with Crippen LogP contribution < -0.4 is 0 Å². The lowest BCUT2D eigenvalue weighted by Gasteiger charge is -2.32. The van der Waals surface area contributed by atoms with Crippen LogP contribution in [0.5, 0.6) is 0 Å². The average molecular weight is 360 g/mol. The Morgan fingerprint density at radius 3 is 2.65 bits per heavy atom. The second-order valence-electron chi connectivity index (χ2n) is 6.80. The van der Waals surface area contributed by atoms with Crippen molar-refractivity contribution in [1.29, 1.82) is 0 Å². The van der Waals surface area contributed by atoms with E-state index in [2.05, 4.69) is 38.7 Å². The molecule has 9 heteroatoms. The summed E-state index contributed by atoms with van der Waals surface area (Å²) in [7, 11) is 1.98. The molecule has 3 rings (SSSR count). The number of likely N-dealkylation sites (tertiary alicyclic amines) is 1. The van der Waals surface area contributed by atoms with Crippen LogP contribution in [0.15, 0.2) is 12.7 Å². The molecule has 9 nitrogen and oxygen atoms in total. The minimum Gasteiger partial charge on any atom is -0.342 e. The molecule has 0 atom stereocenters. The average Bonchev–Trinajstić information content (AvgIpc) is 3.31. The van der Waals surface area contributed by atoms with Crippen LogP contribution in [0.4, 0.5) is 0 Å². The van der Waals surface area contributed by atoms with Crippen molar-refractivity contribution in [3.63, 3.8) is 0 Å². The van der Waals surface area contributed by atoms with Gasteiger partial charge in [-0.05, 0) is 33.4 Å². The predicted molar refractivity (Wildman–Crippen MR) is 96.5 cm³/mol. The van der Waals surface area contributed by atoms with Crippen molar-refractivity contribution in [2.75, 3.05) is 33.2 Å². The van der Waals surface area contributed by atoms with Gasteiger partial charge in [0.05, 0.1) is 6.54 Å². The first-order valence-electron chi connectivity index (χ1n) is 9.33. The second kappa shape index (κ2) is 8.39. The Labute approximate surface area is 154 Å². The van der Waals surface area contributed by atoms with Crippen LogP contribution in [0.1, 0.15) is 44.3 Å². The zero-order chi connectivity index (χ0) is 18.5. The molecule has 0 saturated carbocycles. The quantitative estimate of drug-likeness (QED) is 0.719. The van der Waals surface area contributed by atoms with E-state index in [1.54, 1.807) is 11.0 Å². The summed E-state index contributed by atoms with van der Waals surface area (Å²) in [6.07, 6.45) is 5.08. The third kappa shape index (κ3) is 4.09. The molecule has 1 fully saturated rings. The van der Waals surface area contributed by atoms with E-state index in [-0.39, 0.29) is 5.91 Å². The molecule has 142 valence electrons. The van der Waals surface area contributed by atoms with Crippen molar-refractivity contribution in [1.82, 2.24) is 39.3 Å². The van der Waals surface area contributed by atoms with Gasteiger partial charge < -0.3 is 9.47 Å². The third-order valence-corrected chi connectivity index (χ3v) is 5.10. The SMILES string of the molecule is CCN(C)CC(=O)N1CCC(c2nnc(Cn3cncn3)n2CC)CC1. The van der Waals surface area contributed by atoms with Gasteiger partial charge in [-0.3, -0.25) is 9.69 Å². The van der Waals surface area contributed by atoms with Crippen LogP contribution in [0.25, 0.3) is 0 Å². The Hall–Kier alpha value is -2.29. The van der Waals surface area contributed by atoms with Crippen LogP contribution in [-0.4, -0.2) is 78.5 Å². The van der Waals surface area contributed by atoms with Crippen molar-refractivity contribution in [2.24, 2.45) is 0 Å². The van der Waals surface area contributed by atoms with Crippen LogP contribution in [0, 0.1) is 0 Å². The summed E-state index contributed by atoms with van der Waals surface area (Å²) in [5.41, 5.74) is 0. The fourth-order valence-electron chi connectivity index (χ4n) is 3.40. The lowest BCUT2D eigenvalue weighted by Crippen LogP contribution is -2.43. The fourth-order valence-corrected chi connectivity index (χ4v) is 3.40. The monoisotopic (exact) mass is 360 g/mol. The Balaban J connectivity index is 1.62. The van der Waals surface area contributed by atoms with Gasteiger partial charge in [0, 0.05) is 25.6 Å². The summed E-state index contributed by atoms with van der Waals surface area (Å²) in [4.78, 5) is 20.3. The number of hydrogen-bond donors (Lipinski definition) is 0. The minimum absolute atomic E-state index is 0.219. The summed E-state index contributed by atoms with van der Waals surface area (Å²) in [5.74, 6) is 2.49. The number of amides is 1. The van der Waals surface area contributed by atoms with Crippen LogP contribution in [0.2, 0.25) is 0 Å². The molecule has 0 bridgehead atoms. The number of piperidine rings is 1. The summed E-state index contributed by atoms with van der Waals surface area (Å²) >= 11 is 0. The molecule has 1 saturated heterocycles. The number of aromatic nitrogens is 6. The van der Waals surface area contributed by atoms with Gasteiger partial charge in [0.1, 0.15) is 25.0 Å². The molecule has 2 aromatic heterocycles. The smallest absolute Gasteiger partial charge is 0.236 e. The highest BCUT2D eigenvalue weighted by Crippen LogP contribution is 2.27. The first kappa shape index (κ1) is 18.5. The number of likely N-dealkylation sites (N-methyl/N-ethyl adjacent to an activating group) is 1. The maximum Gasteiger partial charge on any atom is 0.236 e. The highest BCUT2D eigenvalue weighted by Gasteiger charge is 2.28. The molecule has 0 aliphatic carbocycles. The summed E-state index contributed by atoms with van der Waals surface area (Å²) in [6, 6.07) is 0. The topological polar surface area (TPSA) is 85.0 Å². The van der Waals surface area contributed by atoms with Gasteiger partial charge in [0.15, 0.2) is 5.82 Å². The maximum absolute atomic E-state index is 12.4. The summed E-state index contributed by atoms with van der Waals surface area (Å²) in [5, 5.41) is 13.0. The highest BCUT2D eigenvalue weighted by atomic mass is 16.2. The number of carbonyl (C=O) groups is 1. The third-order valence-electron chi connectivity index (χ3n) is 5.10. The molecular formula is C17H28N8O. The molecule has 1 amide bonds. The van der Waals surface area contributed by atoms with Gasteiger partial charge in [-0.25, -0.2) is 9.67 Å². The van der Waals surface area contributed by atoms with Crippen molar-refractivity contribution < 1.29 is 4.79 Å². The van der Waals surface area contributed by atoms with Gasteiger partial charge in [0.25, 0.3) is 0 Å². The Morgan fingerprint density at radius 2 is 2.04 bits per heavy atom. The van der Waals surface area contributed by atoms with E-state index >= 15 is 0 Å². The number of hydrogen-bond acceptors (Lipinski definition) is 6.